The zero-order valence-electron chi connectivity index (χ0n) is 17.6. The molecule has 4 heterocycles. The summed E-state index contributed by atoms with van der Waals surface area (Å²) in [6.07, 6.45) is 7.21. The van der Waals surface area contributed by atoms with Gasteiger partial charge in [0.25, 0.3) is 0 Å². The Morgan fingerprint density at radius 2 is 2.09 bits per heavy atom. The van der Waals surface area contributed by atoms with Crippen molar-refractivity contribution in [2.75, 3.05) is 42.9 Å². The van der Waals surface area contributed by atoms with Crippen LogP contribution in [0.4, 0.5) is 20.4 Å². The van der Waals surface area contributed by atoms with Crippen LogP contribution in [-0.2, 0) is 6.54 Å². The number of nitrogens with one attached hydrogen (secondary N) is 2. The number of benzene rings is 1. The van der Waals surface area contributed by atoms with Crippen LogP contribution in [0.3, 0.4) is 0 Å². The molecule has 2 atom stereocenters. The number of nitrogens with zero attached hydrogens (tertiary/aromatic N) is 4. The number of aromatic nitrogens is 2. The van der Waals surface area contributed by atoms with Gasteiger partial charge < -0.3 is 20.4 Å². The third kappa shape index (κ3) is 3.93. The van der Waals surface area contributed by atoms with Crippen molar-refractivity contribution in [1.82, 2.24) is 20.2 Å². The van der Waals surface area contributed by atoms with Crippen LogP contribution < -0.4 is 15.5 Å². The molecular weight excluding hydrogens is 434 g/mol. The monoisotopic (exact) mass is 458 g/mol. The summed E-state index contributed by atoms with van der Waals surface area (Å²) in [6, 6.07) is 2.13. The van der Waals surface area contributed by atoms with Crippen molar-refractivity contribution in [3.63, 3.8) is 0 Å². The number of hydrogen-bond acceptors (Lipinski definition) is 6. The maximum absolute atomic E-state index is 14.4. The summed E-state index contributed by atoms with van der Waals surface area (Å²) in [5.74, 6) is 1.13. The largest absolute Gasteiger partial charge is 0.365 e. The van der Waals surface area contributed by atoms with Crippen LogP contribution in [0, 0.1) is 23.5 Å². The minimum Gasteiger partial charge on any atom is -0.365 e. The molecule has 0 spiro atoms. The molecule has 32 heavy (non-hydrogen) atoms. The van der Waals surface area contributed by atoms with Crippen molar-refractivity contribution >= 4 is 28.9 Å². The van der Waals surface area contributed by atoms with Gasteiger partial charge in [-0.15, -0.1) is 0 Å². The molecule has 5 rings (SSSR count). The predicted octanol–water partition coefficient (Wildman–Crippen LogP) is 3.87. The topological polar surface area (TPSA) is 56.3 Å². The normalized spacial score (nSPS) is 22.2. The molecule has 2 unspecified atom stereocenters. The Morgan fingerprint density at radius 1 is 1.25 bits per heavy atom. The summed E-state index contributed by atoms with van der Waals surface area (Å²) in [7, 11) is 0. The second kappa shape index (κ2) is 8.67. The summed E-state index contributed by atoms with van der Waals surface area (Å²) in [6.45, 7) is 8.52. The summed E-state index contributed by atoms with van der Waals surface area (Å²) < 4.78 is 28.3. The van der Waals surface area contributed by atoms with E-state index in [1.807, 2.05) is 4.90 Å². The van der Waals surface area contributed by atoms with Crippen molar-refractivity contribution in [1.29, 1.82) is 0 Å². The van der Waals surface area contributed by atoms with Crippen LogP contribution in [0.2, 0.25) is 5.02 Å². The van der Waals surface area contributed by atoms with Gasteiger partial charge in [0.05, 0.1) is 16.9 Å². The first-order valence-electron chi connectivity index (χ1n) is 10.8. The quantitative estimate of drug-likeness (QED) is 0.663. The van der Waals surface area contributed by atoms with Crippen LogP contribution in [0.1, 0.15) is 17.7 Å². The molecule has 2 N–H and O–H groups in total. The van der Waals surface area contributed by atoms with Gasteiger partial charge in [-0.25, -0.2) is 18.7 Å². The number of hydrogen-bond donors (Lipinski definition) is 2. The Kier molecular flexibility index (Phi) is 5.73. The lowest BCUT2D eigenvalue weighted by atomic mass is 9.93. The lowest BCUT2D eigenvalue weighted by Gasteiger charge is -2.31. The molecule has 3 aliphatic rings. The van der Waals surface area contributed by atoms with E-state index < -0.39 is 11.6 Å². The molecule has 1 fully saturated rings. The molecule has 3 aliphatic heterocycles. The average molecular weight is 459 g/mol. The molecule has 1 aromatic heterocycles. The predicted molar refractivity (Wildman–Crippen MR) is 122 cm³/mol. The third-order valence-electron chi connectivity index (χ3n) is 6.48. The van der Waals surface area contributed by atoms with Crippen LogP contribution >= 0.6 is 11.6 Å². The Hall–Kier alpha value is -2.71. The van der Waals surface area contributed by atoms with E-state index in [0.717, 1.165) is 37.5 Å². The first kappa shape index (κ1) is 21.2. The highest BCUT2D eigenvalue weighted by molar-refractivity contribution is 6.31. The highest BCUT2D eigenvalue weighted by atomic mass is 35.5. The molecule has 0 saturated carbocycles. The molecule has 0 amide bonds. The fourth-order valence-electron chi connectivity index (χ4n) is 4.60. The van der Waals surface area contributed by atoms with Crippen molar-refractivity contribution in [3.8, 4) is 0 Å². The number of rotatable bonds is 5. The van der Waals surface area contributed by atoms with E-state index in [-0.39, 0.29) is 17.1 Å². The number of anilines is 2. The second-order valence-corrected chi connectivity index (χ2v) is 8.83. The van der Waals surface area contributed by atoms with E-state index in [4.69, 9.17) is 16.6 Å². The molecule has 1 aromatic carbocycles. The maximum Gasteiger partial charge on any atom is 0.172 e. The number of halogens is 3. The zero-order valence-corrected chi connectivity index (χ0v) is 18.4. The molecular formula is C23H25ClF2N6. The van der Waals surface area contributed by atoms with Gasteiger partial charge in [0.15, 0.2) is 11.6 Å². The Morgan fingerprint density at radius 3 is 2.91 bits per heavy atom. The molecule has 168 valence electrons. The Balaban J connectivity index is 1.37. The standard InChI is InChI=1S/C23H25ClF2N6/c1-14(31-8-5-16(12-31)15-4-6-27-10-15)20-11-29-22-23(30-20)32(9-7-28-22)13-17-18(25)2-3-19(26)21(17)24/h2-3,5,8,11,15-16,27H,1,4,6-7,9-10,12-13H2,(H,28,29). The van der Waals surface area contributed by atoms with E-state index >= 15 is 0 Å². The van der Waals surface area contributed by atoms with Gasteiger partial charge in [-0.2, -0.15) is 0 Å². The zero-order chi connectivity index (χ0) is 22.2. The summed E-state index contributed by atoms with van der Waals surface area (Å²) in [5.41, 5.74) is 1.53. The van der Waals surface area contributed by atoms with Gasteiger partial charge in [0.2, 0.25) is 0 Å². The summed E-state index contributed by atoms with van der Waals surface area (Å²) in [5, 5.41) is 6.44. The molecule has 0 radical (unpaired) electrons. The van der Waals surface area contributed by atoms with Crippen LogP contribution in [-0.4, -0.2) is 47.6 Å². The molecule has 0 bridgehead atoms. The first-order valence-corrected chi connectivity index (χ1v) is 11.2. The highest BCUT2D eigenvalue weighted by Gasteiger charge is 2.29. The van der Waals surface area contributed by atoms with E-state index in [2.05, 4.69) is 39.4 Å². The molecule has 2 aromatic rings. The highest BCUT2D eigenvalue weighted by Crippen LogP contribution is 2.33. The van der Waals surface area contributed by atoms with E-state index in [0.29, 0.717) is 42.3 Å². The second-order valence-electron chi connectivity index (χ2n) is 8.45. The minimum absolute atomic E-state index is 0.0993. The van der Waals surface area contributed by atoms with Crippen LogP contribution in [0.5, 0.6) is 0 Å². The van der Waals surface area contributed by atoms with E-state index in [9.17, 15) is 8.78 Å². The fourth-order valence-corrected chi connectivity index (χ4v) is 4.81. The number of fused-ring (bicyclic) bond motifs is 1. The van der Waals surface area contributed by atoms with Gasteiger partial charge in [0, 0.05) is 43.9 Å². The Labute approximate surface area is 191 Å². The fraction of sp³-hybridized carbons (Fsp3) is 0.391. The molecule has 1 saturated heterocycles. The van der Waals surface area contributed by atoms with Gasteiger partial charge in [-0.3, -0.25) is 0 Å². The SMILES string of the molecule is C=C(c1cnc2c(n1)N(Cc1c(F)ccc(F)c1Cl)CCN2)N1C=CC(C2CCNC2)C1. The van der Waals surface area contributed by atoms with Crippen molar-refractivity contribution < 1.29 is 8.78 Å². The van der Waals surface area contributed by atoms with Crippen molar-refractivity contribution in [2.24, 2.45) is 11.8 Å². The third-order valence-corrected chi connectivity index (χ3v) is 6.89. The van der Waals surface area contributed by atoms with Crippen LogP contribution in [0.15, 0.2) is 37.2 Å². The lowest BCUT2D eigenvalue weighted by Crippen LogP contribution is -2.35. The average Bonchev–Trinajstić information content (AvgIpc) is 3.51. The van der Waals surface area contributed by atoms with E-state index in [1.165, 1.54) is 6.42 Å². The summed E-state index contributed by atoms with van der Waals surface area (Å²) in [4.78, 5) is 13.3. The smallest absolute Gasteiger partial charge is 0.172 e. The van der Waals surface area contributed by atoms with Crippen molar-refractivity contribution in [3.05, 3.63) is 65.1 Å². The molecule has 0 aliphatic carbocycles. The first-order chi connectivity index (χ1) is 15.5. The van der Waals surface area contributed by atoms with Gasteiger partial charge in [0.1, 0.15) is 17.3 Å². The van der Waals surface area contributed by atoms with Gasteiger partial charge in [-0.05, 0) is 37.6 Å². The van der Waals surface area contributed by atoms with Gasteiger partial charge >= 0.3 is 0 Å². The maximum atomic E-state index is 14.4. The van der Waals surface area contributed by atoms with E-state index in [1.54, 1.807) is 6.20 Å². The lowest BCUT2D eigenvalue weighted by molar-refractivity contribution is 0.383. The van der Waals surface area contributed by atoms with Crippen LogP contribution in [0.25, 0.3) is 5.70 Å². The molecule has 6 nitrogen and oxygen atoms in total. The Bertz CT molecular complexity index is 1070. The summed E-state index contributed by atoms with van der Waals surface area (Å²) >= 11 is 6.05. The minimum atomic E-state index is -0.639. The molecule has 9 heteroatoms. The van der Waals surface area contributed by atoms with Gasteiger partial charge in [-0.1, -0.05) is 24.3 Å². The van der Waals surface area contributed by atoms with Crippen molar-refractivity contribution in [2.45, 2.75) is 13.0 Å².